The molecule has 1 aliphatic rings. The molecule has 0 saturated carbocycles. The van der Waals surface area contributed by atoms with E-state index in [1.807, 2.05) is 11.4 Å². The van der Waals surface area contributed by atoms with Crippen molar-refractivity contribution in [1.29, 1.82) is 0 Å². The van der Waals surface area contributed by atoms with Crippen LogP contribution in [0.2, 0.25) is 0 Å². The fraction of sp³-hybridized carbons (Fsp3) is 0.0769. The maximum atomic E-state index is 13.8. The zero-order chi connectivity index (χ0) is 27.2. The van der Waals surface area contributed by atoms with Crippen LogP contribution in [0.5, 0.6) is 5.75 Å². The van der Waals surface area contributed by atoms with E-state index >= 15 is 0 Å². The number of nitrogens with one attached hydrogen (secondary N) is 2. The van der Waals surface area contributed by atoms with Gasteiger partial charge >= 0.3 is 0 Å². The molecule has 0 unspecified atom stereocenters. The van der Waals surface area contributed by atoms with E-state index in [0.717, 1.165) is 6.07 Å². The minimum atomic E-state index is -1.77. The molecule has 2 N–H and O–H groups in total. The molecule has 8 nitrogen and oxygen atoms in total. The van der Waals surface area contributed by atoms with Gasteiger partial charge in [-0.2, -0.15) is 0 Å². The van der Waals surface area contributed by atoms with Crippen LogP contribution in [0, 0.1) is 17.5 Å². The first-order chi connectivity index (χ1) is 18.2. The Hall–Kier alpha value is -4.58. The van der Waals surface area contributed by atoms with E-state index in [1.165, 1.54) is 6.08 Å². The Morgan fingerprint density at radius 3 is 2.34 bits per heavy atom. The number of anilines is 2. The number of amides is 4. The van der Waals surface area contributed by atoms with E-state index < -0.39 is 52.6 Å². The maximum absolute atomic E-state index is 13.8. The summed E-state index contributed by atoms with van der Waals surface area (Å²) in [6, 6.07) is 16.7. The lowest BCUT2D eigenvalue weighted by atomic mass is 10.2. The highest BCUT2D eigenvalue weighted by molar-refractivity contribution is 8.18. The Balaban J connectivity index is 1.41. The molecule has 0 radical (unpaired) electrons. The summed E-state index contributed by atoms with van der Waals surface area (Å²) in [6.45, 7) is -1.10. The highest BCUT2D eigenvalue weighted by atomic mass is 32.2. The molecule has 0 spiro atoms. The van der Waals surface area contributed by atoms with E-state index in [9.17, 15) is 32.3 Å². The van der Waals surface area contributed by atoms with Gasteiger partial charge in [0.2, 0.25) is 5.91 Å². The van der Waals surface area contributed by atoms with Gasteiger partial charge in [-0.3, -0.25) is 24.1 Å². The van der Waals surface area contributed by atoms with Gasteiger partial charge in [-0.05, 0) is 48.2 Å². The van der Waals surface area contributed by atoms with Crippen LogP contribution in [0.1, 0.15) is 5.56 Å². The number of benzene rings is 3. The number of hydrogen-bond acceptors (Lipinski definition) is 6. The van der Waals surface area contributed by atoms with E-state index in [-0.39, 0.29) is 17.3 Å². The van der Waals surface area contributed by atoms with Crippen molar-refractivity contribution in [3.05, 3.63) is 94.7 Å². The van der Waals surface area contributed by atoms with Crippen LogP contribution < -0.4 is 15.4 Å². The molecule has 1 fully saturated rings. The fourth-order valence-electron chi connectivity index (χ4n) is 3.33. The van der Waals surface area contributed by atoms with Gasteiger partial charge in [0, 0.05) is 11.3 Å². The standard InChI is InChI=1S/C26H18F3N3O5S/c27-17-10-11-18(24(29)23(17)28)31-21(33)13-32-25(35)20(38-26(32)36)12-15-6-4-5-9-19(15)37-14-22(34)30-16-7-2-1-3-8-16/h1-12H,13-14H2,(H,30,34)(H,31,33)/b20-12+. The zero-order valence-corrected chi connectivity index (χ0v) is 20.2. The summed E-state index contributed by atoms with van der Waals surface area (Å²) in [5.41, 5.74) is 0.358. The monoisotopic (exact) mass is 541 g/mol. The van der Waals surface area contributed by atoms with Crippen LogP contribution in [0.15, 0.2) is 71.6 Å². The lowest BCUT2D eigenvalue weighted by molar-refractivity contribution is -0.127. The van der Waals surface area contributed by atoms with Crippen molar-refractivity contribution in [2.75, 3.05) is 23.8 Å². The Kier molecular flexibility index (Phi) is 8.12. The number of nitrogens with zero attached hydrogens (tertiary/aromatic N) is 1. The van der Waals surface area contributed by atoms with E-state index in [4.69, 9.17) is 4.74 Å². The average molecular weight is 542 g/mol. The summed E-state index contributed by atoms with van der Waals surface area (Å²) in [5, 5.41) is 3.93. The minimum Gasteiger partial charge on any atom is -0.483 e. The molecule has 12 heteroatoms. The van der Waals surface area contributed by atoms with Gasteiger partial charge in [-0.1, -0.05) is 36.4 Å². The number of rotatable bonds is 8. The number of carbonyl (C=O) groups is 4. The number of para-hydroxylation sites is 2. The van der Waals surface area contributed by atoms with Crippen molar-refractivity contribution >= 4 is 52.2 Å². The largest absolute Gasteiger partial charge is 0.483 e. The third kappa shape index (κ3) is 6.21. The second-order valence-electron chi connectivity index (χ2n) is 7.78. The quantitative estimate of drug-likeness (QED) is 0.314. The number of halogens is 3. The molecule has 3 aromatic carbocycles. The Morgan fingerprint density at radius 2 is 1.58 bits per heavy atom. The van der Waals surface area contributed by atoms with Crippen molar-refractivity contribution in [2.45, 2.75) is 0 Å². The van der Waals surface area contributed by atoms with Gasteiger partial charge < -0.3 is 15.4 Å². The Morgan fingerprint density at radius 1 is 0.868 bits per heavy atom. The summed E-state index contributed by atoms with van der Waals surface area (Å²) >= 11 is 0.567. The molecular formula is C26H18F3N3O5S. The highest BCUT2D eigenvalue weighted by Gasteiger charge is 2.36. The summed E-state index contributed by atoms with van der Waals surface area (Å²) in [6.07, 6.45) is 1.38. The summed E-state index contributed by atoms with van der Waals surface area (Å²) in [7, 11) is 0. The first-order valence-electron chi connectivity index (χ1n) is 11.0. The fourth-order valence-corrected chi connectivity index (χ4v) is 4.16. The van der Waals surface area contributed by atoms with Crippen LogP contribution >= 0.6 is 11.8 Å². The predicted molar refractivity (Wildman–Crippen MR) is 135 cm³/mol. The molecule has 3 aromatic rings. The second-order valence-corrected chi connectivity index (χ2v) is 8.77. The lowest BCUT2D eigenvalue weighted by Crippen LogP contribution is -2.36. The van der Waals surface area contributed by atoms with Crippen LogP contribution in [0.3, 0.4) is 0 Å². The second kappa shape index (κ2) is 11.6. The van der Waals surface area contributed by atoms with Gasteiger partial charge in [0.1, 0.15) is 12.3 Å². The molecule has 4 rings (SSSR count). The molecule has 38 heavy (non-hydrogen) atoms. The van der Waals surface area contributed by atoms with Gasteiger partial charge in [-0.25, -0.2) is 13.2 Å². The Labute approximate surface area is 218 Å². The third-order valence-corrected chi connectivity index (χ3v) is 6.01. The average Bonchev–Trinajstić information content (AvgIpc) is 3.16. The van der Waals surface area contributed by atoms with E-state index in [0.29, 0.717) is 34.0 Å². The van der Waals surface area contributed by atoms with Gasteiger partial charge in [0.05, 0.1) is 10.6 Å². The molecule has 1 heterocycles. The molecule has 1 saturated heterocycles. The normalized spacial score (nSPS) is 14.1. The summed E-state index contributed by atoms with van der Waals surface area (Å²) in [5.74, 6) is -6.73. The third-order valence-electron chi connectivity index (χ3n) is 5.11. The lowest BCUT2D eigenvalue weighted by Gasteiger charge is -2.13. The smallest absolute Gasteiger partial charge is 0.294 e. The van der Waals surface area contributed by atoms with Crippen LogP contribution in [0.25, 0.3) is 6.08 Å². The molecule has 1 aliphatic heterocycles. The number of hydrogen-bond donors (Lipinski definition) is 2. The summed E-state index contributed by atoms with van der Waals surface area (Å²) in [4.78, 5) is 50.3. The predicted octanol–water partition coefficient (Wildman–Crippen LogP) is 4.80. The maximum Gasteiger partial charge on any atom is 0.294 e. The first kappa shape index (κ1) is 26.5. The Bertz CT molecular complexity index is 1450. The van der Waals surface area contributed by atoms with Gasteiger partial charge in [0.25, 0.3) is 17.1 Å². The van der Waals surface area contributed by atoms with Crippen molar-refractivity contribution in [2.24, 2.45) is 0 Å². The molecule has 0 aliphatic carbocycles. The van der Waals surface area contributed by atoms with E-state index in [1.54, 1.807) is 48.5 Å². The van der Waals surface area contributed by atoms with Crippen molar-refractivity contribution in [1.82, 2.24) is 4.90 Å². The van der Waals surface area contributed by atoms with Crippen LogP contribution in [-0.4, -0.2) is 41.0 Å². The van der Waals surface area contributed by atoms with Crippen molar-refractivity contribution in [3.63, 3.8) is 0 Å². The number of ether oxygens (including phenoxy) is 1. The molecule has 0 aromatic heterocycles. The van der Waals surface area contributed by atoms with Crippen LogP contribution in [-0.2, 0) is 14.4 Å². The molecule has 4 amide bonds. The number of carbonyl (C=O) groups excluding carboxylic acids is 4. The van der Waals surface area contributed by atoms with E-state index in [2.05, 4.69) is 5.32 Å². The number of thioether (sulfide) groups is 1. The minimum absolute atomic E-state index is 0.0217. The molecule has 0 atom stereocenters. The zero-order valence-electron chi connectivity index (χ0n) is 19.4. The van der Waals surface area contributed by atoms with Crippen LogP contribution in [0.4, 0.5) is 29.3 Å². The highest BCUT2D eigenvalue weighted by Crippen LogP contribution is 2.34. The summed E-state index contributed by atoms with van der Waals surface area (Å²) < 4.78 is 45.9. The molecule has 194 valence electrons. The molecule has 0 bridgehead atoms. The van der Waals surface area contributed by atoms with Gasteiger partial charge in [-0.15, -0.1) is 0 Å². The SMILES string of the molecule is O=C(COc1ccccc1/C=C1/SC(=O)N(CC(=O)Nc2ccc(F)c(F)c2F)C1=O)Nc1ccccc1. The van der Waals surface area contributed by atoms with Crippen molar-refractivity contribution in [3.8, 4) is 5.75 Å². The van der Waals surface area contributed by atoms with Gasteiger partial charge in [0.15, 0.2) is 24.1 Å². The topological polar surface area (TPSA) is 105 Å². The first-order valence-corrected chi connectivity index (χ1v) is 11.8. The van der Waals surface area contributed by atoms with Crippen molar-refractivity contribution < 1.29 is 37.1 Å². The molecular weight excluding hydrogens is 523 g/mol. The number of imide groups is 1.